The van der Waals surface area contributed by atoms with E-state index in [-0.39, 0.29) is 6.61 Å². The minimum atomic E-state index is -0.993. The molecule has 0 aliphatic carbocycles. The van der Waals surface area contributed by atoms with Crippen molar-refractivity contribution in [3.05, 3.63) is 0 Å². The molecule has 0 bridgehead atoms. The Morgan fingerprint density at radius 2 is 1.78 bits per heavy atom. The van der Waals surface area contributed by atoms with Crippen molar-refractivity contribution in [1.82, 2.24) is 14.5 Å². The highest BCUT2D eigenvalue weighted by Gasteiger charge is 2.15. The van der Waals surface area contributed by atoms with E-state index in [1.807, 2.05) is 0 Å². The molecule has 0 atom stereocenters. The predicted molar refractivity (Wildman–Crippen MR) is 75.8 cm³/mol. The van der Waals surface area contributed by atoms with E-state index in [0.717, 1.165) is 51.4 Å². The summed E-state index contributed by atoms with van der Waals surface area (Å²) in [6, 6.07) is 0. The highest BCUT2D eigenvalue weighted by atomic mass is 33.1. The van der Waals surface area contributed by atoms with Crippen LogP contribution >= 0.6 is 21.8 Å². The number of carbonyl (C=O) groups is 1. The number of hydrogen-bond donors (Lipinski definition) is 3. The van der Waals surface area contributed by atoms with Gasteiger partial charge in [0.05, 0.1) is 6.61 Å². The zero-order valence-corrected chi connectivity index (χ0v) is 12.0. The first-order valence-corrected chi connectivity index (χ1v) is 8.37. The van der Waals surface area contributed by atoms with Crippen LogP contribution in [0.3, 0.4) is 0 Å². The molecule has 1 saturated heterocycles. The molecule has 1 rings (SSSR count). The fourth-order valence-corrected chi connectivity index (χ4v) is 3.29. The topological polar surface area (TPSA) is 76.0 Å². The van der Waals surface area contributed by atoms with Gasteiger partial charge in [-0.1, -0.05) is 10.8 Å². The van der Waals surface area contributed by atoms with Gasteiger partial charge < -0.3 is 15.1 Å². The Hall–Kier alpha value is -0.150. The minimum absolute atomic E-state index is 0.241. The van der Waals surface area contributed by atoms with Crippen molar-refractivity contribution in [2.45, 2.75) is 6.42 Å². The van der Waals surface area contributed by atoms with Gasteiger partial charge in [0.2, 0.25) is 0 Å². The monoisotopic (exact) mass is 295 g/mol. The van der Waals surface area contributed by atoms with E-state index < -0.39 is 6.09 Å². The Kier molecular flexibility index (Phi) is 8.60. The SMILES string of the molecule is O=C(O)NSSCCCN1CCN(CCO)CC1. The lowest BCUT2D eigenvalue weighted by atomic mass is 10.3. The lowest BCUT2D eigenvalue weighted by molar-refractivity contribution is 0.113. The molecule has 1 amide bonds. The van der Waals surface area contributed by atoms with Crippen molar-refractivity contribution < 1.29 is 15.0 Å². The number of aliphatic hydroxyl groups is 1. The van der Waals surface area contributed by atoms with Gasteiger partial charge in [0.15, 0.2) is 0 Å². The largest absolute Gasteiger partial charge is 0.464 e. The van der Waals surface area contributed by atoms with Gasteiger partial charge >= 0.3 is 6.09 Å². The highest BCUT2D eigenvalue weighted by Crippen LogP contribution is 2.18. The van der Waals surface area contributed by atoms with Crippen LogP contribution in [-0.4, -0.2) is 77.7 Å². The van der Waals surface area contributed by atoms with Gasteiger partial charge in [-0.2, -0.15) is 0 Å². The molecule has 1 heterocycles. The van der Waals surface area contributed by atoms with Crippen LogP contribution < -0.4 is 4.72 Å². The maximum absolute atomic E-state index is 10.2. The number of amides is 1. The Morgan fingerprint density at radius 3 is 2.33 bits per heavy atom. The maximum atomic E-state index is 10.2. The third-order valence-corrected chi connectivity index (χ3v) is 4.71. The Balaban J connectivity index is 1.93. The number of β-amino-alcohol motifs (C(OH)–C–C–N with tert-alkyl or cyclic N) is 1. The molecule has 0 aromatic heterocycles. The summed E-state index contributed by atoms with van der Waals surface area (Å²) in [6.45, 7) is 6.27. The maximum Gasteiger partial charge on any atom is 0.415 e. The zero-order chi connectivity index (χ0) is 13.2. The number of nitrogens with zero attached hydrogens (tertiary/aromatic N) is 2. The van der Waals surface area contributed by atoms with Crippen LogP contribution in [0.15, 0.2) is 0 Å². The third-order valence-electron chi connectivity index (χ3n) is 2.77. The van der Waals surface area contributed by atoms with Gasteiger partial charge in [-0.3, -0.25) is 9.62 Å². The first kappa shape index (κ1) is 15.9. The van der Waals surface area contributed by atoms with Gasteiger partial charge in [-0.25, -0.2) is 4.79 Å². The van der Waals surface area contributed by atoms with Crippen LogP contribution in [0.1, 0.15) is 6.42 Å². The van der Waals surface area contributed by atoms with E-state index in [1.54, 1.807) is 0 Å². The summed E-state index contributed by atoms with van der Waals surface area (Å²) in [7, 11) is 2.70. The third kappa shape index (κ3) is 7.32. The van der Waals surface area contributed by atoms with Crippen molar-refractivity contribution in [2.24, 2.45) is 0 Å². The van der Waals surface area contributed by atoms with E-state index >= 15 is 0 Å². The van der Waals surface area contributed by atoms with E-state index in [9.17, 15) is 4.79 Å². The van der Waals surface area contributed by atoms with E-state index in [2.05, 4.69) is 14.5 Å². The lowest BCUT2D eigenvalue weighted by Crippen LogP contribution is -2.47. The molecule has 6 nitrogen and oxygen atoms in total. The molecule has 0 aromatic rings. The average Bonchev–Trinajstić information content (AvgIpc) is 2.35. The number of nitrogens with one attached hydrogen (secondary N) is 1. The van der Waals surface area contributed by atoms with Gasteiger partial charge in [-0.15, -0.1) is 0 Å². The van der Waals surface area contributed by atoms with Crippen molar-refractivity contribution in [3.63, 3.8) is 0 Å². The average molecular weight is 295 g/mol. The number of aliphatic hydroxyl groups excluding tert-OH is 1. The first-order chi connectivity index (χ1) is 8.72. The summed E-state index contributed by atoms with van der Waals surface area (Å²) in [5, 5.41) is 17.2. The fourth-order valence-electron chi connectivity index (χ4n) is 1.83. The fraction of sp³-hybridized carbons (Fsp3) is 0.900. The van der Waals surface area contributed by atoms with E-state index in [4.69, 9.17) is 10.2 Å². The molecule has 1 fully saturated rings. The minimum Gasteiger partial charge on any atom is -0.464 e. The molecule has 0 saturated carbocycles. The molecule has 18 heavy (non-hydrogen) atoms. The summed E-state index contributed by atoms with van der Waals surface area (Å²) < 4.78 is 2.26. The molecule has 8 heteroatoms. The smallest absolute Gasteiger partial charge is 0.415 e. The number of hydrogen-bond acceptors (Lipinski definition) is 6. The molecule has 3 N–H and O–H groups in total. The highest BCUT2D eigenvalue weighted by molar-refractivity contribution is 8.76. The second kappa shape index (κ2) is 9.74. The van der Waals surface area contributed by atoms with E-state index in [1.165, 1.54) is 21.8 Å². The van der Waals surface area contributed by atoms with Gasteiger partial charge in [0.1, 0.15) is 0 Å². The molecule has 0 spiro atoms. The molecular formula is C10H21N3O3S2. The molecule has 0 aromatic carbocycles. The van der Waals surface area contributed by atoms with Crippen LogP contribution in [0, 0.1) is 0 Å². The van der Waals surface area contributed by atoms with Crippen LogP contribution in [0.2, 0.25) is 0 Å². The van der Waals surface area contributed by atoms with Crippen molar-refractivity contribution in [1.29, 1.82) is 0 Å². The van der Waals surface area contributed by atoms with Crippen LogP contribution in [0.25, 0.3) is 0 Å². The molecular weight excluding hydrogens is 274 g/mol. The Bertz CT molecular complexity index is 238. The van der Waals surface area contributed by atoms with Crippen molar-refractivity contribution in [3.8, 4) is 0 Å². The second-order valence-corrected chi connectivity index (χ2v) is 6.29. The van der Waals surface area contributed by atoms with Crippen molar-refractivity contribution >= 4 is 27.9 Å². The van der Waals surface area contributed by atoms with E-state index in [0.29, 0.717) is 0 Å². The van der Waals surface area contributed by atoms with Crippen LogP contribution in [0.4, 0.5) is 4.79 Å². The molecule has 0 unspecified atom stereocenters. The van der Waals surface area contributed by atoms with Gasteiger partial charge in [0, 0.05) is 49.5 Å². The quantitative estimate of drug-likeness (QED) is 0.343. The normalized spacial score (nSPS) is 17.8. The summed E-state index contributed by atoms with van der Waals surface area (Å²) in [6.07, 6.45) is 0.0754. The van der Waals surface area contributed by atoms with Gasteiger partial charge in [0.25, 0.3) is 0 Å². The summed E-state index contributed by atoms with van der Waals surface area (Å²) >= 11 is 0. The lowest BCUT2D eigenvalue weighted by Gasteiger charge is -2.34. The summed E-state index contributed by atoms with van der Waals surface area (Å²) in [5.41, 5.74) is 0. The van der Waals surface area contributed by atoms with Gasteiger partial charge in [-0.05, 0) is 13.0 Å². The molecule has 106 valence electrons. The number of rotatable bonds is 8. The first-order valence-electron chi connectivity index (χ1n) is 6.05. The number of piperazine rings is 1. The van der Waals surface area contributed by atoms with Crippen molar-refractivity contribution in [2.75, 3.05) is 51.6 Å². The molecule has 0 radical (unpaired) electrons. The van der Waals surface area contributed by atoms with Crippen LogP contribution in [0.5, 0.6) is 0 Å². The standard InChI is InChI=1S/C10H21N3O3S2/c14-8-7-13-5-3-12(4-6-13)2-1-9-17-18-11-10(15)16/h11,14H,1-9H2,(H,15,16). The predicted octanol–water partition coefficient (Wildman–Crippen LogP) is 0.550. The zero-order valence-electron chi connectivity index (χ0n) is 10.4. The molecule has 1 aliphatic rings. The second-order valence-electron chi connectivity index (χ2n) is 4.07. The summed E-state index contributed by atoms with van der Waals surface area (Å²) in [4.78, 5) is 14.9. The summed E-state index contributed by atoms with van der Waals surface area (Å²) in [5.74, 6) is 0.946. The Morgan fingerprint density at radius 1 is 1.17 bits per heavy atom. The van der Waals surface area contributed by atoms with Crippen LogP contribution in [-0.2, 0) is 0 Å². The Labute approximate surface area is 116 Å². The number of carboxylic acid groups (broad SMARTS) is 1. The molecule has 1 aliphatic heterocycles.